The van der Waals surface area contributed by atoms with Crippen LogP contribution in [-0.2, 0) is 0 Å². The summed E-state index contributed by atoms with van der Waals surface area (Å²) in [6.07, 6.45) is 1.88. The molecule has 0 spiro atoms. The van der Waals surface area contributed by atoms with E-state index in [1.165, 1.54) is 70.7 Å². The van der Waals surface area contributed by atoms with Crippen LogP contribution in [-0.4, -0.2) is 14.4 Å². The summed E-state index contributed by atoms with van der Waals surface area (Å²) in [6, 6.07) is 62.0. The van der Waals surface area contributed by atoms with Crippen molar-refractivity contribution < 1.29 is 0 Å². The Bertz CT molecular complexity index is 3520. The van der Waals surface area contributed by atoms with Crippen LogP contribution >= 0.6 is 0 Å². The molecule has 0 bridgehead atoms. The van der Waals surface area contributed by atoms with Gasteiger partial charge in [-0.05, 0) is 107 Å². The lowest BCUT2D eigenvalue weighted by molar-refractivity contribution is 1.31. The Kier molecular flexibility index (Phi) is 5.77. The van der Waals surface area contributed by atoms with Crippen molar-refractivity contribution in [1.29, 1.82) is 0 Å². The van der Waals surface area contributed by atoms with Crippen molar-refractivity contribution in [1.82, 2.24) is 14.4 Å². The molecule has 12 aromatic rings. The monoisotopic (exact) mass is 671 g/mol. The SMILES string of the molecule is c1cc(-c2ccc3c4ccc5cccnc5c4c4nc5ccccc5n4c3c2)cc(-c2cc3c4ccccc4c4ccccc4c3c3ccccc23)c1. The number of rotatable bonds is 2. The van der Waals surface area contributed by atoms with Crippen molar-refractivity contribution in [2.75, 3.05) is 0 Å². The van der Waals surface area contributed by atoms with Crippen LogP contribution in [0.25, 0.3) is 115 Å². The second kappa shape index (κ2) is 10.7. The van der Waals surface area contributed by atoms with Crippen LogP contribution in [0.15, 0.2) is 176 Å². The molecule has 3 heteroatoms. The number of nitrogens with zero attached hydrogens (tertiary/aromatic N) is 3. The second-order valence-corrected chi connectivity index (χ2v) is 14.1. The van der Waals surface area contributed by atoms with Gasteiger partial charge in [0, 0.05) is 17.0 Å². The molecule has 12 rings (SSSR count). The summed E-state index contributed by atoms with van der Waals surface area (Å²) in [5.74, 6) is 0. The molecule has 0 N–H and O–H groups in total. The van der Waals surface area contributed by atoms with Crippen molar-refractivity contribution in [2.45, 2.75) is 0 Å². The molecule has 0 aliphatic carbocycles. The lowest BCUT2D eigenvalue weighted by Gasteiger charge is -2.17. The minimum atomic E-state index is 0.936. The Morgan fingerprint density at radius 3 is 1.87 bits per heavy atom. The zero-order valence-electron chi connectivity index (χ0n) is 28.6. The highest BCUT2D eigenvalue weighted by atomic mass is 15.0. The van der Waals surface area contributed by atoms with E-state index in [2.05, 4.69) is 168 Å². The average molecular weight is 672 g/mol. The Morgan fingerprint density at radius 1 is 0.377 bits per heavy atom. The van der Waals surface area contributed by atoms with Crippen LogP contribution in [0.4, 0.5) is 0 Å². The maximum atomic E-state index is 5.22. The number of imidazole rings is 1. The third-order valence-electron chi connectivity index (χ3n) is 11.3. The molecule has 3 nitrogen and oxygen atoms in total. The third-order valence-corrected chi connectivity index (χ3v) is 11.3. The van der Waals surface area contributed by atoms with Crippen molar-refractivity contribution >= 4 is 92.3 Å². The smallest absolute Gasteiger partial charge is 0.148 e. The fourth-order valence-electron chi connectivity index (χ4n) is 9.03. The van der Waals surface area contributed by atoms with E-state index in [0.717, 1.165) is 43.9 Å². The molecule has 0 aliphatic heterocycles. The van der Waals surface area contributed by atoms with E-state index >= 15 is 0 Å². The maximum Gasteiger partial charge on any atom is 0.148 e. The first-order valence-electron chi connectivity index (χ1n) is 18.2. The summed E-state index contributed by atoms with van der Waals surface area (Å²) in [6.45, 7) is 0. The molecule has 0 unspecified atom stereocenters. The van der Waals surface area contributed by atoms with Gasteiger partial charge >= 0.3 is 0 Å². The number of benzene rings is 9. The molecule has 0 fully saturated rings. The molecule has 3 heterocycles. The molecule has 0 aliphatic rings. The van der Waals surface area contributed by atoms with Gasteiger partial charge in [-0.2, -0.15) is 0 Å². The summed E-state index contributed by atoms with van der Waals surface area (Å²) >= 11 is 0. The van der Waals surface area contributed by atoms with Gasteiger partial charge < -0.3 is 0 Å². The molecule has 53 heavy (non-hydrogen) atoms. The molecule has 0 saturated heterocycles. The number of aromatic nitrogens is 3. The number of pyridine rings is 2. The molecule has 0 amide bonds. The zero-order valence-corrected chi connectivity index (χ0v) is 28.6. The predicted molar refractivity (Wildman–Crippen MR) is 224 cm³/mol. The van der Waals surface area contributed by atoms with Gasteiger partial charge in [0.2, 0.25) is 0 Å². The number of para-hydroxylation sites is 2. The van der Waals surface area contributed by atoms with Crippen LogP contribution in [0.3, 0.4) is 0 Å². The van der Waals surface area contributed by atoms with Gasteiger partial charge in [-0.25, -0.2) is 4.98 Å². The summed E-state index contributed by atoms with van der Waals surface area (Å²) in [4.78, 5) is 10.1. The van der Waals surface area contributed by atoms with Gasteiger partial charge in [-0.1, -0.05) is 133 Å². The van der Waals surface area contributed by atoms with Crippen LogP contribution in [0, 0.1) is 0 Å². The van der Waals surface area contributed by atoms with Crippen molar-refractivity contribution in [3.63, 3.8) is 0 Å². The van der Waals surface area contributed by atoms with Gasteiger partial charge in [-0.15, -0.1) is 0 Å². The quantitative estimate of drug-likeness (QED) is 0.171. The Morgan fingerprint density at radius 2 is 1.02 bits per heavy atom. The standard InChI is InChI=1S/C50H29N3/c1-2-16-36-34(14-1)35-15-3-5-18-39(35)47-40-19-6-4-17-37(40)42(29-43(36)47)33-12-9-11-31(27-33)32-23-24-38-41-25-22-30-13-10-26-51-49(30)48(41)50-52-44-20-7-8-21-45(44)53(50)46(38)28-32/h1-29H. The molecule has 0 saturated carbocycles. The summed E-state index contributed by atoms with van der Waals surface area (Å²) in [5.41, 5.74) is 9.90. The topological polar surface area (TPSA) is 30.2 Å². The van der Waals surface area contributed by atoms with Crippen molar-refractivity contribution in [2.24, 2.45) is 0 Å². The molecule has 3 aromatic heterocycles. The van der Waals surface area contributed by atoms with Crippen molar-refractivity contribution in [3.8, 4) is 22.3 Å². The van der Waals surface area contributed by atoms with Gasteiger partial charge in [0.25, 0.3) is 0 Å². The lowest BCUT2D eigenvalue weighted by Crippen LogP contribution is -1.94. The lowest BCUT2D eigenvalue weighted by atomic mass is 9.87. The molecule has 0 radical (unpaired) electrons. The number of hydrogen-bond acceptors (Lipinski definition) is 2. The van der Waals surface area contributed by atoms with Gasteiger partial charge in [0.1, 0.15) is 5.65 Å². The Hall–Kier alpha value is -7.10. The first kappa shape index (κ1) is 28.6. The van der Waals surface area contributed by atoms with Crippen LogP contribution in [0.2, 0.25) is 0 Å². The van der Waals surface area contributed by atoms with Crippen LogP contribution in [0.5, 0.6) is 0 Å². The van der Waals surface area contributed by atoms with Crippen LogP contribution in [0.1, 0.15) is 0 Å². The molecular weight excluding hydrogens is 643 g/mol. The maximum absolute atomic E-state index is 5.22. The average Bonchev–Trinajstić information content (AvgIpc) is 3.63. The molecule has 244 valence electrons. The highest BCUT2D eigenvalue weighted by Gasteiger charge is 2.18. The highest BCUT2D eigenvalue weighted by Crippen LogP contribution is 2.44. The Balaban J connectivity index is 1.13. The van der Waals surface area contributed by atoms with Crippen LogP contribution < -0.4 is 0 Å². The number of fused-ring (bicyclic) bond motifs is 18. The van der Waals surface area contributed by atoms with Gasteiger partial charge in [0.15, 0.2) is 0 Å². The number of hydrogen-bond donors (Lipinski definition) is 0. The minimum Gasteiger partial charge on any atom is -0.292 e. The molecule has 0 atom stereocenters. The largest absolute Gasteiger partial charge is 0.292 e. The van der Waals surface area contributed by atoms with E-state index in [1.807, 2.05) is 12.3 Å². The molecule has 9 aromatic carbocycles. The van der Waals surface area contributed by atoms with Gasteiger partial charge in [0.05, 0.1) is 27.5 Å². The van der Waals surface area contributed by atoms with E-state index < -0.39 is 0 Å². The first-order valence-corrected chi connectivity index (χ1v) is 18.2. The normalized spacial score (nSPS) is 12.2. The fraction of sp³-hybridized carbons (Fsp3) is 0. The van der Waals surface area contributed by atoms with E-state index in [-0.39, 0.29) is 0 Å². The highest BCUT2D eigenvalue weighted by molar-refractivity contribution is 6.33. The summed E-state index contributed by atoms with van der Waals surface area (Å²) < 4.78 is 2.33. The van der Waals surface area contributed by atoms with E-state index in [4.69, 9.17) is 9.97 Å². The summed E-state index contributed by atoms with van der Waals surface area (Å²) in [5, 5.41) is 14.8. The summed E-state index contributed by atoms with van der Waals surface area (Å²) in [7, 11) is 0. The van der Waals surface area contributed by atoms with Gasteiger partial charge in [-0.3, -0.25) is 9.38 Å². The molecular formula is C50H29N3. The van der Waals surface area contributed by atoms with Crippen molar-refractivity contribution in [3.05, 3.63) is 176 Å². The minimum absolute atomic E-state index is 0.936. The third kappa shape index (κ3) is 3.99. The van der Waals surface area contributed by atoms with E-state index in [9.17, 15) is 0 Å². The Labute approximate surface area is 304 Å². The van der Waals surface area contributed by atoms with E-state index in [0.29, 0.717) is 0 Å². The fourth-order valence-corrected chi connectivity index (χ4v) is 9.03. The first-order chi connectivity index (χ1) is 26.3. The second-order valence-electron chi connectivity index (χ2n) is 14.1. The van der Waals surface area contributed by atoms with E-state index in [1.54, 1.807) is 0 Å². The predicted octanol–water partition coefficient (Wildman–Crippen LogP) is 13.3. The zero-order chi connectivity index (χ0) is 34.6.